The summed E-state index contributed by atoms with van der Waals surface area (Å²) in [5.74, 6) is 0.825. The van der Waals surface area contributed by atoms with Crippen LogP contribution in [0.15, 0.2) is 6.20 Å². The molecule has 1 saturated heterocycles. The van der Waals surface area contributed by atoms with Crippen molar-refractivity contribution in [2.24, 2.45) is 5.92 Å². The maximum absolute atomic E-state index is 12.1. The van der Waals surface area contributed by atoms with Gasteiger partial charge in [0.1, 0.15) is 0 Å². The van der Waals surface area contributed by atoms with E-state index in [1.165, 1.54) is 12.8 Å². The molecule has 1 N–H and O–H groups in total. The van der Waals surface area contributed by atoms with E-state index in [1.807, 2.05) is 11.8 Å². The molecule has 4 nitrogen and oxygen atoms in total. The van der Waals surface area contributed by atoms with E-state index in [4.69, 9.17) is 0 Å². The third kappa shape index (κ3) is 2.10. The molecule has 1 aromatic rings. The molecule has 0 radical (unpaired) electrons. The average Bonchev–Trinajstić information content (AvgIpc) is 2.87. The minimum Gasteiger partial charge on any atom is -0.338 e. The molecule has 2 rings (SSSR count). The zero-order chi connectivity index (χ0) is 11.5. The Bertz CT molecular complexity index is 372. The highest BCUT2D eigenvalue weighted by Gasteiger charge is 2.27. The van der Waals surface area contributed by atoms with Crippen LogP contribution in [0.2, 0.25) is 0 Å². The third-order valence-electron chi connectivity index (χ3n) is 3.33. The number of rotatable bonds is 3. The number of H-pyrrole nitrogens is 1. The molecule has 1 fully saturated rings. The molecule has 2 heterocycles. The van der Waals surface area contributed by atoms with E-state index in [1.54, 1.807) is 6.20 Å². The number of aromatic amines is 1. The van der Waals surface area contributed by atoms with Gasteiger partial charge in [-0.2, -0.15) is 5.10 Å². The first-order chi connectivity index (χ1) is 7.72. The largest absolute Gasteiger partial charge is 0.338 e. The van der Waals surface area contributed by atoms with Gasteiger partial charge in [0.25, 0.3) is 5.91 Å². The van der Waals surface area contributed by atoms with Gasteiger partial charge >= 0.3 is 0 Å². The summed E-state index contributed by atoms with van der Waals surface area (Å²) in [5, 5.41) is 6.71. The summed E-state index contributed by atoms with van der Waals surface area (Å²) in [6, 6.07) is 0. The Morgan fingerprint density at radius 3 is 3.12 bits per heavy atom. The molecular weight excluding hydrogens is 202 g/mol. The summed E-state index contributed by atoms with van der Waals surface area (Å²) >= 11 is 0. The lowest BCUT2D eigenvalue weighted by atomic mass is 10.0. The topological polar surface area (TPSA) is 49.0 Å². The summed E-state index contributed by atoms with van der Waals surface area (Å²) in [6.45, 7) is 5.90. The van der Waals surface area contributed by atoms with Crippen LogP contribution >= 0.6 is 0 Å². The molecule has 1 aliphatic heterocycles. The van der Waals surface area contributed by atoms with Crippen molar-refractivity contribution in [2.45, 2.75) is 33.1 Å². The van der Waals surface area contributed by atoms with Gasteiger partial charge in [-0.1, -0.05) is 13.3 Å². The van der Waals surface area contributed by atoms with Crippen molar-refractivity contribution >= 4 is 5.91 Å². The van der Waals surface area contributed by atoms with Crippen LogP contribution in [-0.4, -0.2) is 34.1 Å². The van der Waals surface area contributed by atoms with Gasteiger partial charge in [-0.15, -0.1) is 0 Å². The van der Waals surface area contributed by atoms with Crippen molar-refractivity contribution < 1.29 is 4.79 Å². The molecule has 0 saturated carbocycles. The zero-order valence-corrected chi connectivity index (χ0v) is 9.99. The molecule has 88 valence electrons. The third-order valence-corrected chi connectivity index (χ3v) is 3.33. The van der Waals surface area contributed by atoms with Crippen LogP contribution in [-0.2, 0) is 0 Å². The summed E-state index contributed by atoms with van der Waals surface area (Å²) in [5.41, 5.74) is 1.58. The fraction of sp³-hybridized carbons (Fsp3) is 0.667. The Kier molecular flexibility index (Phi) is 3.27. The normalized spacial score (nSPS) is 20.4. The van der Waals surface area contributed by atoms with Crippen molar-refractivity contribution in [2.75, 3.05) is 13.1 Å². The summed E-state index contributed by atoms with van der Waals surface area (Å²) in [4.78, 5) is 14.1. The number of nitrogens with zero attached hydrogens (tertiary/aromatic N) is 2. The Balaban J connectivity index is 2.00. The predicted molar refractivity (Wildman–Crippen MR) is 62.2 cm³/mol. The van der Waals surface area contributed by atoms with Gasteiger partial charge in [-0.05, 0) is 25.7 Å². The second-order valence-electron chi connectivity index (χ2n) is 4.60. The molecule has 1 unspecified atom stereocenters. The number of aryl methyl sites for hydroxylation is 1. The van der Waals surface area contributed by atoms with Crippen LogP contribution in [0.1, 0.15) is 42.2 Å². The minimum absolute atomic E-state index is 0.129. The molecule has 1 aromatic heterocycles. The fourth-order valence-corrected chi connectivity index (χ4v) is 2.40. The lowest BCUT2D eigenvalue weighted by Crippen LogP contribution is -2.28. The first-order valence-corrected chi connectivity index (χ1v) is 6.01. The molecule has 1 amide bonds. The lowest BCUT2D eigenvalue weighted by Gasteiger charge is -2.15. The molecule has 0 aliphatic carbocycles. The van der Waals surface area contributed by atoms with Crippen molar-refractivity contribution in [3.05, 3.63) is 17.5 Å². The second-order valence-corrected chi connectivity index (χ2v) is 4.60. The van der Waals surface area contributed by atoms with Gasteiger partial charge in [-0.25, -0.2) is 0 Å². The maximum Gasteiger partial charge on any atom is 0.257 e. The Hall–Kier alpha value is -1.32. The molecule has 1 aliphatic rings. The molecule has 0 spiro atoms. The fourth-order valence-electron chi connectivity index (χ4n) is 2.40. The number of hydrogen-bond acceptors (Lipinski definition) is 2. The second kappa shape index (κ2) is 4.68. The number of hydrogen-bond donors (Lipinski definition) is 1. The first-order valence-electron chi connectivity index (χ1n) is 6.01. The van der Waals surface area contributed by atoms with Crippen LogP contribution < -0.4 is 0 Å². The van der Waals surface area contributed by atoms with Crippen LogP contribution in [0, 0.1) is 12.8 Å². The average molecular weight is 221 g/mol. The number of likely N-dealkylation sites (tertiary alicyclic amines) is 1. The Labute approximate surface area is 96.0 Å². The van der Waals surface area contributed by atoms with Crippen LogP contribution in [0.5, 0.6) is 0 Å². The van der Waals surface area contributed by atoms with E-state index in [9.17, 15) is 4.79 Å². The number of amides is 1. The number of carbonyl (C=O) groups excluding carboxylic acids is 1. The SMILES string of the molecule is CCCC1CCN(C(=O)c2cn[nH]c2C)C1. The highest BCUT2D eigenvalue weighted by Crippen LogP contribution is 2.22. The van der Waals surface area contributed by atoms with Crippen LogP contribution in [0.4, 0.5) is 0 Å². The first kappa shape index (κ1) is 11.2. The van der Waals surface area contributed by atoms with Crippen molar-refractivity contribution in [1.82, 2.24) is 15.1 Å². The van der Waals surface area contributed by atoms with Gasteiger partial charge in [0, 0.05) is 18.8 Å². The van der Waals surface area contributed by atoms with Crippen molar-refractivity contribution in [3.63, 3.8) is 0 Å². The molecule has 1 atom stereocenters. The predicted octanol–water partition coefficient (Wildman–Crippen LogP) is 1.98. The maximum atomic E-state index is 12.1. The summed E-state index contributed by atoms with van der Waals surface area (Å²) in [7, 11) is 0. The quantitative estimate of drug-likeness (QED) is 0.848. The highest BCUT2D eigenvalue weighted by atomic mass is 16.2. The lowest BCUT2D eigenvalue weighted by molar-refractivity contribution is 0.0786. The number of aromatic nitrogens is 2. The van der Waals surface area contributed by atoms with E-state index in [0.717, 1.165) is 30.8 Å². The Morgan fingerprint density at radius 2 is 2.50 bits per heavy atom. The van der Waals surface area contributed by atoms with Crippen LogP contribution in [0.25, 0.3) is 0 Å². The molecular formula is C12H19N3O. The van der Waals surface area contributed by atoms with E-state index >= 15 is 0 Å². The molecule has 16 heavy (non-hydrogen) atoms. The van der Waals surface area contributed by atoms with E-state index < -0.39 is 0 Å². The summed E-state index contributed by atoms with van der Waals surface area (Å²) < 4.78 is 0. The van der Waals surface area contributed by atoms with E-state index in [-0.39, 0.29) is 5.91 Å². The number of carbonyl (C=O) groups is 1. The molecule has 0 aromatic carbocycles. The van der Waals surface area contributed by atoms with Crippen molar-refractivity contribution in [1.29, 1.82) is 0 Å². The van der Waals surface area contributed by atoms with E-state index in [0.29, 0.717) is 5.92 Å². The Morgan fingerprint density at radius 1 is 1.69 bits per heavy atom. The van der Waals surface area contributed by atoms with E-state index in [2.05, 4.69) is 17.1 Å². The van der Waals surface area contributed by atoms with Gasteiger partial charge in [-0.3, -0.25) is 9.89 Å². The zero-order valence-electron chi connectivity index (χ0n) is 9.99. The van der Waals surface area contributed by atoms with Crippen molar-refractivity contribution in [3.8, 4) is 0 Å². The van der Waals surface area contributed by atoms with Gasteiger partial charge in [0.05, 0.1) is 11.8 Å². The monoisotopic (exact) mass is 221 g/mol. The van der Waals surface area contributed by atoms with Crippen LogP contribution in [0.3, 0.4) is 0 Å². The minimum atomic E-state index is 0.129. The van der Waals surface area contributed by atoms with Gasteiger partial charge in [0.2, 0.25) is 0 Å². The van der Waals surface area contributed by atoms with Gasteiger partial charge in [0.15, 0.2) is 0 Å². The molecule has 0 bridgehead atoms. The standard InChI is InChI=1S/C12H19N3O/c1-3-4-10-5-6-15(8-10)12(16)11-7-13-14-9(11)2/h7,10H,3-6,8H2,1-2H3,(H,13,14). The summed E-state index contributed by atoms with van der Waals surface area (Å²) in [6.07, 6.45) is 5.22. The number of nitrogens with one attached hydrogen (secondary N) is 1. The highest BCUT2D eigenvalue weighted by molar-refractivity contribution is 5.95. The molecule has 4 heteroatoms. The van der Waals surface area contributed by atoms with Gasteiger partial charge < -0.3 is 4.90 Å². The smallest absolute Gasteiger partial charge is 0.257 e.